The van der Waals surface area contributed by atoms with Crippen LogP contribution < -0.4 is 0 Å². The minimum atomic E-state index is -0.338. The summed E-state index contributed by atoms with van der Waals surface area (Å²) in [4.78, 5) is 4.07. The first-order chi connectivity index (χ1) is 12.1. The van der Waals surface area contributed by atoms with Crippen molar-refractivity contribution in [3.8, 4) is 0 Å². The quantitative estimate of drug-likeness (QED) is 0.260. The van der Waals surface area contributed by atoms with Gasteiger partial charge in [-0.1, -0.05) is 73.3 Å². The first kappa shape index (κ1) is 20.6. The topological polar surface area (TPSA) is 27.1 Å². The van der Waals surface area contributed by atoms with E-state index >= 15 is 0 Å². The van der Waals surface area contributed by atoms with Gasteiger partial charge in [-0.3, -0.25) is 0 Å². The molecular formula is C18H22Cl2N2OS2. The Balaban J connectivity index is 2.01. The SMILES string of the molecule is CCCCCCOC(=S)SC(c1ccc(Cl)cc1)C(Cl)n1ccnc1. The molecule has 0 bridgehead atoms. The van der Waals surface area contributed by atoms with Crippen molar-refractivity contribution in [3.63, 3.8) is 0 Å². The number of hydrogen-bond acceptors (Lipinski definition) is 4. The van der Waals surface area contributed by atoms with Gasteiger partial charge in [-0.05, 0) is 36.3 Å². The number of hydrogen-bond donors (Lipinski definition) is 0. The summed E-state index contributed by atoms with van der Waals surface area (Å²) in [6.45, 7) is 2.84. The molecule has 0 saturated carbocycles. The highest BCUT2D eigenvalue weighted by Gasteiger charge is 2.25. The van der Waals surface area contributed by atoms with Crippen molar-refractivity contribution in [2.45, 2.75) is 43.4 Å². The summed E-state index contributed by atoms with van der Waals surface area (Å²) < 4.78 is 8.09. The summed E-state index contributed by atoms with van der Waals surface area (Å²) in [6, 6.07) is 7.65. The van der Waals surface area contributed by atoms with Crippen LogP contribution in [0, 0.1) is 0 Å². The molecule has 0 spiro atoms. The van der Waals surface area contributed by atoms with E-state index in [1.165, 1.54) is 24.6 Å². The number of alkyl halides is 1. The van der Waals surface area contributed by atoms with Crippen LogP contribution in [0.4, 0.5) is 0 Å². The van der Waals surface area contributed by atoms with E-state index in [1.807, 2.05) is 35.0 Å². The fourth-order valence-electron chi connectivity index (χ4n) is 2.33. The molecule has 3 nitrogen and oxygen atoms in total. The molecule has 0 N–H and O–H groups in total. The van der Waals surface area contributed by atoms with E-state index in [9.17, 15) is 0 Å². The van der Waals surface area contributed by atoms with Crippen molar-refractivity contribution >= 4 is 51.6 Å². The second-order valence-corrected chi connectivity index (χ2v) is 8.26. The van der Waals surface area contributed by atoms with E-state index in [2.05, 4.69) is 11.9 Å². The Morgan fingerprint density at radius 3 is 2.68 bits per heavy atom. The maximum atomic E-state index is 6.69. The van der Waals surface area contributed by atoms with Crippen LogP contribution >= 0.6 is 47.2 Å². The molecule has 0 radical (unpaired) electrons. The zero-order valence-electron chi connectivity index (χ0n) is 14.1. The maximum absolute atomic E-state index is 6.69. The molecule has 2 rings (SSSR count). The highest BCUT2D eigenvalue weighted by atomic mass is 35.5. The van der Waals surface area contributed by atoms with Gasteiger partial charge in [-0.15, -0.1) is 0 Å². The number of ether oxygens (including phenoxy) is 1. The maximum Gasteiger partial charge on any atom is 0.220 e. The van der Waals surface area contributed by atoms with Gasteiger partial charge in [0.25, 0.3) is 0 Å². The predicted octanol–water partition coefficient (Wildman–Crippen LogP) is 6.63. The van der Waals surface area contributed by atoms with Gasteiger partial charge in [0.2, 0.25) is 4.38 Å². The van der Waals surface area contributed by atoms with Crippen LogP contribution in [-0.2, 0) is 4.74 Å². The molecule has 1 aromatic carbocycles. The summed E-state index contributed by atoms with van der Waals surface area (Å²) in [5.41, 5.74) is 0.704. The fourth-order valence-corrected chi connectivity index (χ4v) is 4.17. The Bertz CT molecular complexity index is 635. The first-order valence-electron chi connectivity index (χ1n) is 8.32. The average Bonchev–Trinajstić information content (AvgIpc) is 3.14. The molecule has 25 heavy (non-hydrogen) atoms. The lowest BCUT2D eigenvalue weighted by atomic mass is 10.1. The lowest BCUT2D eigenvalue weighted by Gasteiger charge is -2.23. The summed E-state index contributed by atoms with van der Waals surface area (Å²) in [5, 5.41) is 0.590. The Hall–Kier alpha value is -0.750. The molecule has 0 aliphatic carbocycles. The number of unbranched alkanes of at least 4 members (excludes halogenated alkanes) is 3. The molecular weight excluding hydrogens is 395 g/mol. The zero-order chi connectivity index (χ0) is 18.1. The van der Waals surface area contributed by atoms with Crippen molar-refractivity contribution in [2.75, 3.05) is 6.61 Å². The molecule has 7 heteroatoms. The Morgan fingerprint density at radius 2 is 2.04 bits per heavy atom. The van der Waals surface area contributed by atoms with Gasteiger partial charge in [-0.2, -0.15) is 0 Å². The summed E-state index contributed by atoms with van der Waals surface area (Å²) in [7, 11) is 0. The fraction of sp³-hybridized carbons (Fsp3) is 0.444. The van der Waals surface area contributed by atoms with Crippen molar-refractivity contribution in [1.82, 2.24) is 9.55 Å². The van der Waals surface area contributed by atoms with Gasteiger partial charge in [0, 0.05) is 17.4 Å². The number of aromatic nitrogens is 2. The van der Waals surface area contributed by atoms with Crippen LogP contribution in [0.1, 0.15) is 48.9 Å². The highest BCUT2D eigenvalue weighted by molar-refractivity contribution is 8.22. The van der Waals surface area contributed by atoms with E-state index in [0.29, 0.717) is 16.0 Å². The first-order valence-corrected chi connectivity index (χ1v) is 10.4. The summed E-state index contributed by atoms with van der Waals surface area (Å²) >= 11 is 19.6. The van der Waals surface area contributed by atoms with Crippen LogP contribution in [0.2, 0.25) is 5.02 Å². The van der Waals surface area contributed by atoms with E-state index in [0.717, 1.165) is 18.4 Å². The lowest BCUT2D eigenvalue weighted by molar-refractivity contribution is 0.308. The second kappa shape index (κ2) is 11.1. The molecule has 0 saturated heterocycles. The number of thioether (sulfide) groups is 1. The summed E-state index contributed by atoms with van der Waals surface area (Å²) in [6.07, 6.45) is 9.87. The molecule has 0 aliphatic rings. The van der Waals surface area contributed by atoms with E-state index in [-0.39, 0.29) is 10.8 Å². The number of rotatable bonds is 9. The van der Waals surface area contributed by atoms with Gasteiger partial charge in [0.05, 0.1) is 18.2 Å². The lowest BCUT2D eigenvalue weighted by Crippen LogP contribution is -2.12. The molecule has 2 aromatic rings. The van der Waals surface area contributed by atoms with Crippen LogP contribution in [0.15, 0.2) is 43.0 Å². The van der Waals surface area contributed by atoms with Gasteiger partial charge in [-0.25, -0.2) is 4.98 Å². The van der Waals surface area contributed by atoms with E-state index in [4.69, 9.17) is 40.2 Å². The standard InChI is InChI=1S/C18H22Cl2N2OS2/c1-2-3-4-5-12-23-18(24)25-16(14-6-8-15(19)9-7-14)17(20)22-11-10-21-13-22/h6-11,13,16-17H,2-5,12H2,1H3. The van der Waals surface area contributed by atoms with Gasteiger partial charge < -0.3 is 9.30 Å². The Kier molecular flexibility index (Phi) is 9.10. The Labute approximate surface area is 169 Å². The molecule has 0 amide bonds. The highest BCUT2D eigenvalue weighted by Crippen LogP contribution is 2.42. The Morgan fingerprint density at radius 1 is 1.28 bits per heavy atom. The average molecular weight is 417 g/mol. The normalized spacial score (nSPS) is 13.4. The third kappa shape index (κ3) is 6.81. The summed E-state index contributed by atoms with van der Waals surface area (Å²) in [5.74, 6) is 0. The molecule has 2 unspecified atom stereocenters. The second-order valence-electron chi connectivity index (χ2n) is 5.63. The van der Waals surface area contributed by atoms with Crippen LogP contribution in [0.3, 0.4) is 0 Å². The van der Waals surface area contributed by atoms with Crippen molar-refractivity contribution in [1.29, 1.82) is 0 Å². The van der Waals surface area contributed by atoms with E-state index < -0.39 is 0 Å². The third-order valence-electron chi connectivity index (χ3n) is 3.70. The number of thiocarbonyl (C=S) groups is 1. The minimum absolute atomic E-state index is 0.101. The van der Waals surface area contributed by atoms with Gasteiger partial charge >= 0.3 is 0 Å². The molecule has 0 aliphatic heterocycles. The minimum Gasteiger partial charge on any atom is -0.479 e. The van der Waals surface area contributed by atoms with Crippen LogP contribution in [0.5, 0.6) is 0 Å². The van der Waals surface area contributed by atoms with E-state index in [1.54, 1.807) is 12.5 Å². The number of imidazole rings is 1. The monoisotopic (exact) mass is 416 g/mol. The molecule has 2 atom stereocenters. The third-order valence-corrected chi connectivity index (χ3v) is 6.08. The van der Waals surface area contributed by atoms with Crippen LogP contribution in [-0.4, -0.2) is 20.5 Å². The number of benzene rings is 1. The van der Waals surface area contributed by atoms with Crippen LogP contribution in [0.25, 0.3) is 0 Å². The smallest absolute Gasteiger partial charge is 0.220 e. The number of nitrogens with zero attached hydrogens (tertiary/aromatic N) is 2. The zero-order valence-corrected chi connectivity index (χ0v) is 17.3. The molecule has 1 aromatic heterocycles. The predicted molar refractivity (Wildman–Crippen MR) is 112 cm³/mol. The number of halogens is 2. The van der Waals surface area contributed by atoms with Crippen molar-refractivity contribution in [3.05, 3.63) is 53.6 Å². The van der Waals surface area contributed by atoms with Gasteiger partial charge in [0.15, 0.2) is 0 Å². The van der Waals surface area contributed by atoms with Gasteiger partial charge in [0.1, 0.15) is 5.50 Å². The largest absolute Gasteiger partial charge is 0.479 e. The molecule has 136 valence electrons. The molecule has 1 heterocycles. The van der Waals surface area contributed by atoms with Crippen molar-refractivity contribution < 1.29 is 4.74 Å². The van der Waals surface area contributed by atoms with Crippen molar-refractivity contribution in [2.24, 2.45) is 0 Å². The molecule has 0 fully saturated rings.